The standard InChI is InChI=1S/C31H32F3N5O3/c32-22-5-1-19(2-6-22)31(42)39-15-13-38(14-16-39)28-12-4-21(29(40)36-24-9-7-23(35)8-10-24)18-27(28)37-30(41)20-3-11-25(33)26(34)17-20/h1-6,11-12,17-18,23-24H,7-10,13-16,35H2,(H,36,40)(H,37,41). The lowest BCUT2D eigenvalue weighted by molar-refractivity contribution is 0.0746. The highest BCUT2D eigenvalue weighted by Gasteiger charge is 2.26. The summed E-state index contributed by atoms with van der Waals surface area (Å²) in [5.41, 5.74) is 7.55. The molecule has 0 bridgehead atoms. The van der Waals surface area contributed by atoms with Gasteiger partial charge in [0.15, 0.2) is 11.6 Å². The lowest BCUT2D eigenvalue weighted by Crippen LogP contribution is -2.49. The molecule has 42 heavy (non-hydrogen) atoms. The largest absolute Gasteiger partial charge is 0.366 e. The van der Waals surface area contributed by atoms with E-state index in [0.717, 1.165) is 37.8 Å². The van der Waals surface area contributed by atoms with E-state index in [1.807, 2.05) is 4.90 Å². The third kappa shape index (κ3) is 6.73. The molecule has 2 fully saturated rings. The van der Waals surface area contributed by atoms with Crippen molar-refractivity contribution in [3.8, 4) is 0 Å². The van der Waals surface area contributed by atoms with Gasteiger partial charge < -0.3 is 26.2 Å². The number of carbonyl (C=O) groups excluding carboxylic acids is 3. The maximum atomic E-state index is 13.8. The Kier molecular flexibility index (Phi) is 8.77. The molecule has 11 heteroatoms. The van der Waals surface area contributed by atoms with Crippen molar-refractivity contribution in [1.29, 1.82) is 0 Å². The Labute approximate surface area is 241 Å². The molecular weight excluding hydrogens is 547 g/mol. The molecule has 1 saturated heterocycles. The maximum Gasteiger partial charge on any atom is 0.255 e. The highest BCUT2D eigenvalue weighted by molar-refractivity contribution is 6.07. The first-order valence-corrected chi connectivity index (χ1v) is 13.9. The second-order valence-electron chi connectivity index (χ2n) is 10.7. The molecule has 1 aliphatic heterocycles. The van der Waals surface area contributed by atoms with Gasteiger partial charge in [-0.05, 0) is 86.3 Å². The number of halogens is 3. The fourth-order valence-electron chi connectivity index (χ4n) is 5.34. The van der Waals surface area contributed by atoms with Crippen molar-refractivity contribution >= 4 is 29.1 Å². The SMILES string of the molecule is NC1CCC(NC(=O)c2ccc(N3CCN(C(=O)c4ccc(F)cc4)CC3)c(NC(=O)c3ccc(F)c(F)c3)c2)CC1. The normalized spacial score (nSPS) is 18.9. The summed E-state index contributed by atoms with van der Waals surface area (Å²) >= 11 is 0. The second-order valence-corrected chi connectivity index (χ2v) is 10.7. The molecule has 2 aliphatic rings. The third-order valence-electron chi connectivity index (χ3n) is 7.79. The average molecular weight is 580 g/mol. The highest BCUT2D eigenvalue weighted by atomic mass is 19.2. The molecule has 220 valence electrons. The van der Waals surface area contributed by atoms with Crippen LogP contribution in [-0.4, -0.2) is 60.9 Å². The lowest BCUT2D eigenvalue weighted by Gasteiger charge is -2.37. The van der Waals surface area contributed by atoms with E-state index in [2.05, 4.69) is 10.6 Å². The first-order chi connectivity index (χ1) is 20.2. The Bertz CT molecular complexity index is 1470. The molecule has 0 radical (unpaired) electrons. The molecule has 8 nitrogen and oxygen atoms in total. The van der Waals surface area contributed by atoms with Gasteiger partial charge in [0, 0.05) is 55.0 Å². The summed E-state index contributed by atoms with van der Waals surface area (Å²) in [6, 6.07) is 13.3. The molecule has 0 unspecified atom stereocenters. The van der Waals surface area contributed by atoms with E-state index in [0.29, 0.717) is 48.7 Å². The maximum absolute atomic E-state index is 13.8. The fraction of sp³-hybridized carbons (Fsp3) is 0.323. The van der Waals surface area contributed by atoms with E-state index in [1.54, 1.807) is 23.1 Å². The first-order valence-electron chi connectivity index (χ1n) is 13.9. The number of nitrogens with one attached hydrogen (secondary N) is 2. The summed E-state index contributed by atoms with van der Waals surface area (Å²) in [4.78, 5) is 42.7. The van der Waals surface area contributed by atoms with Crippen LogP contribution >= 0.6 is 0 Å². The number of hydrogen-bond acceptors (Lipinski definition) is 5. The van der Waals surface area contributed by atoms with Crippen molar-refractivity contribution in [2.75, 3.05) is 36.4 Å². The number of nitrogens with zero attached hydrogens (tertiary/aromatic N) is 2. The molecule has 0 atom stereocenters. The number of nitrogens with two attached hydrogens (primary N) is 1. The topological polar surface area (TPSA) is 108 Å². The van der Waals surface area contributed by atoms with E-state index in [9.17, 15) is 27.6 Å². The minimum atomic E-state index is -1.15. The van der Waals surface area contributed by atoms with Gasteiger partial charge in [-0.2, -0.15) is 0 Å². The summed E-state index contributed by atoms with van der Waals surface area (Å²) in [6.07, 6.45) is 3.22. The Morgan fingerprint density at radius 1 is 0.714 bits per heavy atom. The van der Waals surface area contributed by atoms with Crippen molar-refractivity contribution in [3.63, 3.8) is 0 Å². The Hall–Kier alpha value is -4.38. The smallest absolute Gasteiger partial charge is 0.255 e. The van der Waals surface area contributed by atoms with Crippen molar-refractivity contribution in [2.45, 2.75) is 37.8 Å². The van der Waals surface area contributed by atoms with Gasteiger partial charge in [0.2, 0.25) is 0 Å². The predicted octanol–water partition coefficient (Wildman–Crippen LogP) is 4.32. The van der Waals surface area contributed by atoms with Crippen LogP contribution < -0.4 is 21.3 Å². The van der Waals surface area contributed by atoms with Crippen LogP contribution in [0.15, 0.2) is 60.7 Å². The zero-order valence-corrected chi connectivity index (χ0v) is 22.9. The van der Waals surface area contributed by atoms with Gasteiger partial charge in [-0.25, -0.2) is 13.2 Å². The van der Waals surface area contributed by atoms with E-state index >= 15 is 0 Å². The Balaban J connectivity index is 1.34. The zero-order valence-electron chi connectivity index (χ0n) is 22.9. The molecule has 0 aromatic heterocycles. The van der Waals surface area contributed by atoms with Crippen LogP contribution in [0.3, 0.4) is 0 Å². The lowest BCUT2D eigenvalue weighted by atomic mass is 9.91. The zero-order chi connectivity index (χ0) is 29.8. The number of amides is 3. The monoisotopic (exact) mass is 579 g/mol. The molecule has 3 aromatic carbocycles. The first kappa shape index (κ1) is 29.1. The predicted molar refractivity (Wildman–Crippen MR) is 153 cm³/mol. The van der Waals surface area contributed by atoms with E-state index in [4.69, 9.17) is 5.73 Å². The van der Waals surface area contributed by atoms with Crippen molar-refractivity contribution in [3.05, 3.63) is 94.8 Å². The van der Waals surface area contributed by atoms with Gasteiger partial charge >= 0.3 is 0 Å². The van der Waals surface area contributed by atoms with Gasteiger partial charge in [-0.1, -0.05) is 0 Å². The number of anilines is 2. The van der Waals surface area contributed by atoms with Crippen molar-refractivity contribution in [1.82, 2.24) is 10.2 Å². The van der Waals surface area contributed by atoms with Crippen LogP contribution in [0.5, 0.6) is 0 Å². The summed E-state index contributed by atoms with van der Waals surface area (Å²) < 4.78 is 40.6. The van der Waals surface area contributed by atoms with Gasteiger partial charge in [0.1, 0.15) is 5.82 Å². The fourth-order valence-corrected chi connectivity index (χ4v) is 5.34. The van der Waals surface area contributed by atoms with Crippen LogP contribution in [0, 0.1) is 17.5 Å². The van der Waals surface area contributed by atoms with Crippen LogP contribution in [0.25, 0.3) is 0 Å². The van der Waals surface area contributed by atoms with Gasteiger partial charge in [-0.15, -0.1) is 0 Å². The molecule has 1 saturated carbocycles. The Morgan fingerprint density at radius 3 is 2.00 bits per heavy atom. The van der Waals surface area contributed by atoms with E-state index in [1.165, 1.54) is 30.3 Å². The molecule has 3 aromatic rings. The highest BCUT2D eigenvalue weighted by Crippen LogP contribution is 2.30. The summed E-state index contributed by atoms with van der Waals surface area (Å²) in [6.45, 7) is 1.60. The number of piperazine rings is 1. The van der Waals surface area contributed by atoms with Gasteiger partial charge in [0.05, 0.1) is 11.4 Å². The molecule has 1 aliphatic carbocycles. The molecule has 3 amide bonds. The number of carbonyl (C=O) groups is 3. The van der Waals surface area contributed by atoms with Crippen LogP contribution in [-0.2, 0) is 0 Å². The average Bonchev–Trinajstić information content (AvgIpc) is 2.99. The van der Waals surface area contributed by atoms with Crippen molar-refractivity contribution in [2.24, 2.45) is 5.73 Å². The number of benzene rings is 3. The number of rotatable bonds is 6. The second kappa shape index (κ2) is 12.6. The van der Waals surface area contributed by atoms with Crippen molar-refractivity contribution < 1.29 is 27.6 Å². The summed E-state index contributed by atoms with van der Waals surface area (Å²) in [5, 5.41) is 5.80. The molecule has 0 spiro atoms. The van der Waals surface area contributed by atoms with Crippen LogP contribution in [0.4, 0.5) is 24.5 Å². The minimum Gasteiger partial charge on any atom is -0.366 e. The molecule has 5 rings (SSSR count). The van der Waals surface area contributed by atoms with E-state index in [-0.39, 0.29) is 29.5 Å². The minimum absolute atomic E-state index is 0.00364. The van der Waals surface area contributed by atoms with Crippen LogP contribution in [0.1, 0.15) is 56.8 Å². The third-order valence-corrected chi connectivity index (χ3v) is 7.79. The quantitative estimate of drug-likeness (QED) is 0.403. The molecular formula is C31H32F3N5O3. The van der Waals surface area contributed by atoms with E-state index < -0.39 is 23.4 Å². The number of hydrogen-bond donors (Lipinski definition) is 3. The summed E-state index contributed by atoms with van der Waals surface area (Å²) in [5.74, 6) is -3.81. The molecule has 1 heterocycles. The van der Waals surface area contributed by atoms with Gasteiger partial charge in [0.25, 0.3) is 17.7 Å². The van der Waals surface area contributed by atoms with Crippen LogP contribution in [0.2, 0.25) is 0 Å². The summed E-state index contributed by atoms with van der Waals surface area (Å²) in [7, 11) is 0. The Morgan fingerprint density at radius 2 is 1.33 bits per heavy atom. The van der Waals surface area contributed by atoms with Gasteiger partial charge in [-0.3, -0.25) is 14.4 Å². The molecule has 4 N–H and O–H groups in total.